The fourth-order valence-corrected chi connectivity index (χ4v) is 4.14. The van der Waals surface area contributed by atoms with Crippen molar-refractivity contribution in [1.29, 1.82) is 0 Å². The first kappa shape index (κ1) is 18.7. The van der Waals surface area contributed by atoms with Crippen molar-refractivity contribution >= 4 is 34.8 Å². The van der Waals surface area contributed by atoms with E-state index in [4.69, 9.17) is 11.6 Å². The van der Waals surface area contributed by atoms with Gasteiger partial charge < -0.3 is 14.9 Å². The number of benzene rings is 2. The van der Waals surface area contributed by atoms with Crippen LogP contribution in [0.15, 0.2) is 42.5 Å². The lowest BCUT2D eigenvalue weighted by atomic mass is 10.1. The first-order valence-electron chi connectivity index (χ1n) is 9.15. The van der Waals surface area contributed by atoms with Crippen LogP contribution in [0.5, 0.6) is 5.75 Å². The van der Waals surface area contributed by atoms with Gasteiger partial charge in [-0.05, 0) is 30.3 Å². The summed E-state index contributed by atoms with van der Waals surface area (Å²) in [5.74, 6) is -0.934. The number of nitrogens with zero attached hydrogens (tertiary/aromatic N) is 2. The molecule has 0 aromatic heterocycles. The summed E-state index contributed by atoms with van der Waals surface area (Å²) < 4.78 is 13.4. The highest BCUT2D eigenvalue weighted by Gasteiger charge is 2.46. The van der Waals surface area contributed by atoms with Crippen LogP contribution in [-0.4, -0.2) is 49.1 Å². The Morgan fingerprint density at radius 1 is 1.11 bits per heavy atom. The number of carbonyl (C=O) groups excluding carboxylic acids is 2. The van der Waals surface area contributed by atoms with E-state index in [1.165, 1.54) is 12.1 Å². The van der Waals surface area contributed by atoms with Gasteiger partial charge in [0.1, 0.15) is 11.6 Å². The van der Waals surface area contributed by atoms with Gasteiger partial charge >= 0.3 is 0 Å². The van der Waals surface area contributed by atoms with E-state index in [9.17, 15) is 19.1 Å². The number of quaternary nitrogens is 1. The van der Waals surface area contributed by atoms with Crippen molar-refractivity contribution in [1.82, 2.24) is 0 Å². The van der Waals surface area contributed by atoms with Crippen molar-refractivity contribution in [3.63, 3.8) is 0 Å². The molecular weight excluding hydrogens is 385 g/mol. The SMILES string of the molecule is O=C1C[C@@H]([NH+]2CCN(c3ccccc3O)CC2)C(=O)N1c1ccc(F)c(Cl)c1. The van der Waals surface area contributed by atoms with Gasteiger partial charge in [-0.3, -0.25) is 9.59 Å². The number of hydrogen-bond donors (Lipinski definition) is 2. The molecule has 2 fully saturated rings. The number of phenolic OH excluding ortho intramolecular Hbond substituents is 1. The van der Waals surface area contributed by atoms with Crippen LogP contribution in [0.25, 0.3) is 0 Å². The van der Waals surface area contributed by atoms with Gasteiger partial charge in [0.05, 0.1) is 49.0 Å². The zero-order valence-electron chi connectivity index (χ0n) is 15.1. The molecule has 2 aliphatic rings. The van der Waals surface area contributed by atoms with E-state index < -0.39 is 11.9 Å². The summed E-state index contributed by atoms with van der Waals surface area (Å²) in [5, 5.41) is 9.91. The molecule has 2 aromatic carbocycles. The van der Waals surface area contributed by atoms with E-state index in [0.717, 1.165) is 21.6 Å². The number of piperazine rings is 1. The van der Waals surface area contributed by atoms with E-state index in [1.807, 2.05) is 12.1 Å². The molecule has 2 heterocycles. The number of nitrogens with one attached hydrogen (secondary N) is 1. The molecule has 8 heteroatoms. The first-order valence-corrected chi connectivity index (χ1v) is 9.53. The molecule has 0 radical (unpaired) electrons. The molecule has 2 amide bonds. The van der Waals surface area contributed by atoms with E-state index >= 15 is 0 Å². The van der Waals surface area contributed by atoms with Gasteiger partial charge in [0.25, 0.3) is 5.91 Å². The van der Waals surface area contributed by atoms with E-state index in [2.05, 4.69) is 4.90 Å². The zero-order chi connectivity index (χ0) is 19.8. The number of imide groups is 1. The van der Waals surface area contributed by atoms with Gasteiger partial charge in [-0.1, -0.05) is 23.7 Å². The number of aromatic hydroxyl groups is 1. The monoisotopic (exact) mass is 404 g/mol. The molecular formula is C20H20ClFN3O3+. The van der Waals surface area contributed by atoms with Crippen molar-refractivity contribution in [2.24, 2.45) is 0 Å². The Morgan fingerprint density at radius 2 is 1.82 bits per heavy atom. The summed E-state index contributed by atoms with van der Waals surface area (Å²) in [5.41, 5.74) is 1.08. The molecule has 6 nitrogen and oxygen atoms in total. The van der Waals surface area contributed by atoms with Crippen molar-refractivity contribution in [3.8, 4) is 5.75 Å². The highest BCUT2D eigenvalue weighted by molar-refractivity contribution is 6.31. The minimum absolute atomic E-state index is 0.120. The molecule has 4 rings (SSSR count). The van der Waals surface area contributed by atoms with Gasteiger partial charge in [0, 0.05) is 0 Å². The summed E-state index contributed by atoms with van der Waals surface area (Å²) in [6, 6.07) is 10.6. The topological polar surface area (TPSA) is 65.3 Å². The minimum Gasteiger partial charge on any atom is -0.506 e. The fourth-order valence-electron chi connectivity index (χ4n) is 3.96. The fraction of sp³-hybridized carbons (Fsp3) is 0.300. The number of anilines is 2. The summed E-state index contributed by atoms with van der Waals surface area (Å²) in [7, 11) is 0. The lowest BCUT2D eigenvalue weighted by Crippen LogP contribution is -3.19. The Bertz CT molecular complexity index is 931. The third-order valence-corrected chi connectivity index (χ3v) is 5.72. The quantitative estimate of drug-likeness (QED) is 0.755. The van der Waals surface area contributed by atoms with Crippen LogP contribution < -0.4 is 14.7 Å². The van der Waals surface area contributed by atoms with Crippen molar-refractivity contribution in [2.45, 2.75) is 12.5 Å². The zero-order valence-corrected chi connectivity index (χ0v) is 15.8. The van der Waals surface area contributed by atoms with Gasteiger partial charge in [0.2, 0.25) is 5.91 Å². The molecule has 0 saturated carbocycles. The van der Waals surface area contributed by atoms with E-state index in [-0.39, 0.29) is 29.0 Å². The number of halogens is 2. The molecule has 0 bridgehead atoms. The van der Waals surface area contributed by atoms with Crippen LogP contribution in [0, 0.1) is 5.82 Å². The number of amides is 2. The van der Waals surface area contributed by atoms with E-state index in [0.29, 0.717) is 31.9 Å². The Morgan fingerprint density at radius 3 is 2.50 bits per heavy atom. The highest BCUT2D eigenvalue weighted by Crippen LogP contribution is 2.28. The highest BCUT2D eigenvalue weighted by atomic mass is 35.5. The average molecular weight is 405 g/mol. The molecule has 2 saturated heterocycles. The smallest absolute Gasteiger partial charge is 0.292 e. The Labute approximate surface area is 166 Å². The first-order chi connectivity index (χ1) is 13.5. The number of rotatable bonds is 3. The molecule has 28 heavy (non-hydrogen) atoms. The summed E-state index contributed by atoms with van der Waals surface area (Å²) in [6.07, 6.45) is 0.125. The predicted octanol–water partition coefficient (Wildman–Crippen LogP) is 1.22. The molecule has 0 aliphatic carbocycles. The minimum atomic E-state index is -0.591. The Balaban J connectivity index is 1.46. The third kappa shape index (κ3) is 3.31. The van der Waals surface area contributed by atoms with Crippen LogP contribution in [0.3, 0.4) is 0 Å². The standard InChI is InChI=1S/C20H19ClFN3O3/c21-14-11-13(5-6-15(14)22)25-19(27)12-17(20(25)28)24-9-7-23(8-10-24)16-3-1-2-4-18(16)26/h1-6,11,17,26H,7-10,12H2/p+1/t17-/m1/s1. The second-order valence-electron chi connectivity index (χ2n) is 7.06. The van der Waals surface area contributed by atoms with Crippen molar-refractivity contribution in [2.75, 3.05) is 36.0 Å². The van der Waals surface area contributed by atoms with Gasteiger partial charge in [0.15, 0.2) is 6.04 Å². The van der Waals surface area contributed by atoms with Crippen LogP contribution in [0.1, 0.15) is 6.42 Å². The number of para-hydroxylation sites is 2. The second-order valence-corrected chi connectivity index (χ2v) is 7.46. The molecule has 2 aromatic rings. The maximum Gasteiger partial charge on any atom is 0.292 e. The normalized spacial score (nSPS) is 20.9. The molecule has 146 valence electrons. The van der Waals surface area contributed by atoms with Crippen LogP contribution in [0.4, 0.5) is 15.8 Å². The van der Waals surface area contributed by atoms with Gasteiger partial charge in [-0.25, -0.2) is 9.29 Å². The second kappa shape index (κ2) is 7.41. The molecule has 2 aliphatic heterocycles. The summed E-state index contributed by atoms with van der Waals surface area (Å²) in [4.78, 5) is 29.6. The number of phenols is 1. The largest absolute Gasteiger partial charge is 0.506 e. The number of hydrogen-bond acceptors (Lipinski definition) is 4. The molecule has 1 atom stereocenters. The predicted molar refractivity (Wildman–Crippen MR) is 103 cm³/mol. The average Bonchev–Trinajstić information content (AvgIpc) is 2.99. The number of carbonyl (C=O) groups is 2. The molecule has 0 spiro atoms. The van der Waals surface area contributed by atoms with Gasteiger partial charge in [-0.15, -0.1) is 0 Å². The van der Waals surface area contributed by atoms with Crippen LogP contribution in [0.2, 0.25) is 5.02 Å². The van der Waals surface area contributed by atoms with Gasteiger partial charge in [-0.2, -0.15) is 0 Å². The lowest BCUT2D eigenvalue weighted by Gasteiger charge is -2.35. The Kier molecular flexibility index (Phi) is 4.95. The summed E-state index contributed by atoms with van der Waals surface area (Å²) in [6.45, 7) is 2.70. The maximum atomic E-state index is 13.4. The lowest BCUT2D eigenvalue weighted by molar-refractivity contribution is -0.915. The molecule has 2 N–H and O–H groups in total. The van der Waals surface area contributed by atoms with Crippen LogP contribution in [-0.2, 0) is 9.59 Å². The Hall–Kier alpha value is -2.64. The van der Waals surface area contributed by atoms with Crippen molar-refractivity contribution < 1.29 is 24.0 Å². The molecule has 0 unspecified atom stereocenters. The third-order valence-electron chi connectivity index (χ3n) is 5.43. The maximum absolute atomic E-state index is 13.4. The van der Waals surface area contributed by atoms with Crippen molar-refractivity contribution in [3.05, 3.63) is 53.3 Å². The van der Waals surface area contributed by atoms with Crippen LogP contribution >= 0.6 is 11.6 Å². The van der Waals surface area contributed by atoms with E-state index in [1.54, 1.807) is 12.1 Å². The summed E-state index contributed by atoms with van der Waals surface area (Å²) >= 11 is 5.80.